The lowest BCUT2D eigenvalue weighted by Crippen LogP contribution is -2.47. The molecule has 1 aromatic carbocycles. The maximum atomic E-state index is 12.0. The van der Waals surface area contributed by atoms with Gasteiger partial charge in [-0.05, 0) is 37.3 Å². The van der Waals surface area contributed by atoms with Crippen molar-refractivity contribution in [1.29, 1.82) is 0 Å². The fourth-order valence-corrected chi connectivity index (χ4v) is 2.08. The fraction of sp³-hybridized carbons (Fsp3) is 0.588. The number of likely N-dealkylation sites (N-methyl/N-ethyl adjacent to an activating group) is 1. The normalized spacial score (nSPS) is 13.9. The van der Waals surface area contributed by atoms with Gasteiger partial charge in [-0.2, -0.15) is 0 Å². The molecule has 0 saturated heterocycles. The van der Waals surface area contributed by atoms with Crippen LogP contribution in [0.15, 0.2) is 24.3 Å². The number of carbonyl (C=O) groups excluding carboxylic acids is 1. The summed E-state index contributed by atoms with van der Waals surface area (Å²) in [7, 11) is 1.69. The highest BCUT2D eigenvalue weighted by atomic mass is 16.3. The largest absolute Gasteiger partial charge is 0.394 e. The Bertz CT molecular complexity index is 443. The molecule has 0 heterocycles. The van der Waals surface area contributed by atoms with Crippen molar-refractivity contribution in [2.24, 2.45) is 0 Å². The molecule has 2 atom stereocenters. The number of nitrogens with one attached hydrogen (secondary N) is 1. The molecule has 0 aliphatic heterocycles. The number of carbonyl (C=O) groups is 1. The van der Waals surface area contributed by atoms with E-state index in [1.807, 2.05) is 13.8 Å². The third-order valence-corrected chi connectivity index (χ3v) is 3.80. The summed E-state index contributed by atoms with van der Waals surface area (Å²) in [6, 6.07) is 8.26. The van der Waals surface area contributed by atoms with Gasteiger partial charge < -0.3 is 15.3 Å². The van der Waals surface area contributed by atoms with E-state index >= 15 is 0 Å². The van der Waals surface area contributed by atoms with Crippen LogP contribution in [-0.4, -0.2) is 41.8 Å². The highest BCUT2D eigenvalue weighted by molar-refractivity contribution is 5.74. The van der Waals surface area contributed by atoms with Crippen LogP contribution in [-0.2, 0) is 6.42 Å². The first-order valence-electron chi connectivity index (χ1n) is 7.58. The molecular formula is C17H28N2O2. The Hall–Kier alpha value is -1.55. The average molecular weight is 292 g/mol. The molecule has 0 aromatic heterocycles. The molecule has 1 rings (SSSR count). The maximum Gasteiger partial charge on any atom is 0.317 e. The molecule has 4 heteroatoms. The molecule has 0 spiro atoms. The van der Waals surface area contributed by atoms with Crippen molar-refractivity contribution in [3.63, 3.8) is 0 Å². The molecule has 0 aliphatic rings. The Morgan fingerprint density at radius 3 is 2.24 bits per heavy atom. The van der Waals surface area contributed by atoms with Crippen molar-refractivity contribution in [3.8, 4) is 0 Å². The lowest BCUT2D eigenvalue weighted by molar-refractivity contribution is 0.155. The Labute approximate surface area is 128 Å². The first-order valence-corrected chi connectivity index (χ1v) is 7.58. The standard InChI is InChI=1S/C17H28N2O2/c1-12(2)16-8-6-15(7-9-16)10-13(3)18-17(21)19(5)14(4)11-20/h6-9,12-14,20H,10-11H2,1-5H3,(H,18,21). The predicted octanol–water partition coefficient (Wildman–Crippen LogP) is 2.76. The van der Waals surface area contributed by atoms with Gasteiger partial charge in [0.15, 0.2) is 0 Å². The lowest BCUT2D eigenvalue weighted by Gasteiger charge is -2.25. The van der Waals surface area contributed by atoms with Gasteiger partial charge in [-0.3, -0.25) is 0 Å². The number of rotatable bonds is 6. The maximum absolute atomic E-state index is 12.0. The van der Waals surface area contributed by atoms with Crippen LogP contribution in [0, 0.1) is 0 Å². The highest BCUT2D eigenvalue weighted by Crippen LogP contribution is 2.15. The minimum atomic E-state index is -0.178. The molecule has 0 bridgehead atoms. The molecule has 0 fully saturated rings. The predicted molar refractivity (Wildman–Crippen MR) is 86.5 cm³/mol. The number of amides is 2. The molecule has 21 heavy (non-hydrogen) atoms. The summed E-state index contributed by atoms with van der Waals surface area (Å²) in [4.78, 5) is 13.5. The molecule has 1 aromatic rings. The van der Waals surface area contributed by atoms with E-state index in [2.05, 4.69) is 43.4 Å². The monoisotopic (exact) mass is 292 g/mol. The van der Waals surface area contributed by atoms with Crippen LogP contribution in [0.3, 0.4) is 0 Å². The number of nitrogens with zero attached hydrogens (tertiary/aromatic N) is 1. The van der Waals surface area contributed by atoms with Crippen LogP contribution in [0.4, 0.5) is 4.79 Å². The van der Waals surface area contributed by atoms with Gasteiger partial charge in [0.1, 0.15) is 0 Å². The Balaban J connectivity index is 2.53. The Morgan fingerprint density at radius 2 is 1.76 bits per heavy atom. The van der Waals surface area contributed by atoms with E-state index < -0.39 is 0 Å². The van der Waals surface area contributed by atoms with Crippen molar-refractivity contribution < 1.29 is 9.90 Å². The van der Waals surface area contributed by atoms with Crippen molar-refractivity contribution in [2.45, 2.75) is 52.1 Å². The van der Waals surface area contributed by atoms with Gasteiger partial charge in [0.25, 0.3) is 0 Å². The van der Waals surface area contributed by atoms with Crippen molar-refractivity contribution in [1.82, 2.24) is 10.2 Å². The molecule has 2 N–H and O–H groups in total. The summed E-state index contributed by atoms with van der Waals surface area (Å²) in [5, 5.41) is 12.0. The quantitative estimate of drug-likeness (QED) is 0.847. The number of aliphatic hydroxyl groups is 1. The third-order valence-electron chi connectivity index (χ3n) is 3.80. The first-order chi connectivity index (χ1) is 9.85. The Morgan fingerprint density at radius 1 is 1.19 bits per heavy atom. The van der Waals surface area contributed by atoms with E-state index in [1.54, 1.807) is 7.05 Å². The van der Waals surface area contributed by atoms with Gasteiger partial charge in [0.2, 0.25) is 0 Å². The summed E-state index contributed by atoms with van der Waals surface area (Å²) in [6.07, 6.45) is 0.797. The van der Waals surface area contributed by atoms with E-state index in [9.17, 15) is 4.79 Å². The first kappa shape index (κ1) is 17.5. The van der Waals surface area contributed by atoms with Gasteiger partial charge >= 0.3 is 6.03 Å². The molecule has 0 saturated carbocycles. The van der Waals surface area contributed by atoms with E-state index in [0.29, 0.717) is 5.92 Å². The number of hydrogen-bond donors (Lipinski definition) is 2. The highest BCUT2D eigenvalue weighted by Gasteiger charge is 2.16. The van der Waals surface area contributed by atoms with E-state index in [4.69, 9.17) is 5.11 Å². The molecule has 0 aliphatic carbocycles. The second kappa shape index (κ2) is 8.03. The van der Waals surface area contributed by atoms with Crippen LogP contribution in [0.1, 0.15) is 44.7 Å². The lowest BCUT2D eigenvalue weighted by atomic mass is 9.99. The molecule has 4 nitrogen and oxygen atoms in total. The zero-order valence-electron chi connectivity index (χ0n) is 13.8. The second-order valence-corrected chi connectivity index (χ2v) is 6.09. The minimum Gasteiger partial charge on any atom is -0.394 e. The number of hydrogen-bond acceptors (Lipinski definition) is 2. The number of aliphatic hydroxyl groups excluding tert-OH is 1. The van der Waals surface area contributed by atoms with Crippen LogP contribution in [0.5, 0.6) is 0 Å². The summed E-state index contributed by atoms with van der Waals surface area (Å²) in [5.74, 6) is 0.532. The zero-order chi connectivity index (χ0) is 16.0. The summed E-state index contributed by atoms with van der Waals surface area (Å²) in [5.41, 5.74) is 2.54. The van der Waals surface area contributed by atoms with E-state index in [0.717, 1.165) is 6.42 Å². The van der Waals surface area contributed by atoms with Gasteiger partial charge in [-0.25, -0.2) is 4.79 Å². The van der Waals surface area contributed by atoms with Crippen LogP contribution < -0.4 is 5.32 Å². The van der Waals surface area contributed by atoms with Crippen molar-refractivity contribution in [2.75, 3.05) is 13.7 Å². The number of benzene rings is 1. The van der Waals surface area contributed by atoms with E-state index in [1.165, 1.54) is 16.0 Å². The van der Waals surface area contributed by atoms with Gasteiger partial charge in [0, 0.05) is 13.1 Å². The third kappa shape index (κ3) is 5.38. The topological polar surface area (TPSA) is 52.6 Å². The summed E-state index contributed by atoms with van der Waals surface area (Å²) < 4.78 is 0. The summed E-state index contributed by atoms with van der Waals surface area (Å²) >= 11 is 0. The minimum absolute atomic E-state index is 0.0328. The SMILES string of the molecule is CC(Cc1ccc(C(C)C)cc1)NC(=O)N(C)C(C)CO. The molecule has 2 amide bonds. The average Bonchev–Trinajstić information content (AvgIpc) is 2.45. The smallest absolute Gasteiger partial charge is 0.317 e. The van der Waals surface area contributed by atoms with Gasteiger partial charge in [-0.1, -0.05) is 38.1 Å². The van der Waals surface area contributed by atoms with Gasteiger partial charge in [0.05, 0.1) is 12.6 Å². The molecular weight excluding hydrogens is 264 g/mol. The molecule has 0 radical (unpaired) electrons. The Kier molecular flexibility index (Phi) is 6.69. The van der Waals surface area contributed by atoms with Crippen LogP contribution in [0.2, 0.25) is 0 Å². The number of urea groups is 1. The van der Waals surface area contributed by atoms with Gasteiger partial charge in [-0.15, -0.1) is 0 Å². The van der Waals surface area contributed by atoms with Crippen LogP contribution in [0.25, 0.3) is 0 Å². The molecule has 118 valence electrons. The van der Waals surface area contributed by atoms with Crippen LogP contribution >= 0.6 is 0 Å². The zero-order valence-corrected chi connectivity index (χ0v) is 13.8. The fourth-order valence-electron chi connectivity index (χ4n) is 2.08. The second-order valence-electron chi connectivity index (χ2n) is 6.09. The van der Waals surface area contributed by atoms with E-state index in [-0.39, 0.29) is 24.7 Å². The molecule has 2 unspecified atom stereocenters. The van der Waals surface area contributed by atoms with Crippen molar-refractivity contribution in [3.05, 3.63) is 35.4 Å². The summed E-state index contributed by atoms with van der Waals surface area (Å²) in [6.45, 7) is 8.13. The van der Waals surface area contributed by atoms with Crippen molar-refractivity contribution >= 4 is 6.03 Å².